The summed E-state index contributed by atoms with van der Waals surface area (Å²) in [5.41, 5.74) is 1.74. The number of carbonyl (C=O) groups excluding carboxylic acids is 1. The van der Waals surface area contributed by atoms with Crippen molar-refractivity contribution < 1.29 is 9.90 Å². The summed E-state index contributed by atoms with van der Waals surface area (Å²) >= 11 is 0. The molecule has 0 bridgehead atoms. The Morgan fingerprint density at radius 2 is 1.62 bits per heavy atom. The van der Waals surface area contributed by atoms with Crippen LogP contribution in [0, 0.1) is 0 Å². The van der Waals surface area contributed by atoms with Gasteiger partial charge in [-0.3, -0.25) is 4.79 Å². The van der Waals surface area contributed by atoms with E-state index >= 15 is 0 Å². The molecule has 2 aromatic carbocycles. The van der Waals surface area contributed by atoms with Gasteiger partial charge in [-0.25, -0.2) is 0 Å². The lowest BCUT2D eigenvalue weighted by molar-refractivity contribution is 0.0948. The molecule has 1 heterocycles. The predicted molar refractivity (Wildman–Crippen MR) is 96.0 cm³/mol. The second-order valence-electron chi connectivity index (χ2n) is 6.65. The third-order valence-electron chi connectivity index (χ3n) is 4.80. The van der Waals surface area contributed by atoms with E-state index in [1.165, 1.54) is 0 Å². The van der Waals surface area contributed by atoms with Gasteiger partial charge >= 0.3 is 0 Å². The molecule has 0 radical (unpaired) electrons. The third-order valence-corrected chi connectivity index (χ3v) is 4.80. The zero-order valence-corrected chi connectivity index (χ0v) is 13.9. The number of piperidine rings is 1. The summed E-state index contributed by atoms with van der Waals surface area (Å²) in [6.07, 6.45) is 3.96. The number of hydrogen-bond acceptors (Lipinski definition) is 3. The first kappa shape index (κ1) is 16.9. The molecule has 0 aliphatic carbocycles. The Balaban J connectivity index is 1.54. The zero-order valence-electron chi connectivity index (χ0n) is 13.9. The highest BCUT2D eigenvalue weighted by Crippen LogP contribution is 2.24. The SMILES string of the molecule is O=C(C[C@H]1CCC[C@@H](C[C@H](O)c2ccccc2)N1)c1ccccc1. The van der Waals surface area contributed by atoms with Gasteiger partial charge in [0, 0.05) is 24.1 Å². The Morgan fingerprint density at radius 3 is 2.33 bits per heavy atom. The van der Waals surface area contributed by atoms with Crippen LogP contribution in [0.1, 0.15) is 54.1 Å². The standard InChI is InChI=1S/C21H25NO2/c23-20(16-8-3-1-4-9-16)14-18-12-7-13-19(22-18)15-21(24)17-10-5-2-6-11-17/h1-6,8-11,18-20,22-23H,7,12-15H2/t18-,19+,20-/m0/s1. The van der Waals surface area contributed by atoms with E-state index in [2.05, 4.69) is 5.32 Å². The molecule has 1 aliphatic rings. The van der Waals surface area contributed by atoms with Crippen LogP contribution in [-0.4, -0.2) is 23.0 Å². The summed E-state index contributed by atoms with van der Waals surface area (Å²) in [5, 5.41) is 14.0. The number of nitrogens with one attached hydrogen (secondary N) is 1. The van der Waals surface area contributed by atoms with Crippen molar-refractivity contribution in [1.29, 1.82) is 0 Å². The van der Waals surface area contributed by atoms with Crippen molar-refractivity contribution in [2.75, 3.05) is 0 Å². The van der Waals surface area contributed by atoms with E-state index in [0.29, 0.717) is 12.8 Å². The first-order valence-corrected chi connectivity index (χ1v) is 8.79. The van der Waals surface area contributed by atoms with Crippen LogP contribution in [-0.2, 0) is 0 Å². The normalized spacial score (nSPS) is 22.0. The molecule has 1 aliphatic heterocycles. The number of aliphatic hydroxyl groups is 1. The molecule has 1 saturated heterocycles. The molecule has 0 spiro atoms. The molecule has 24 heavy (non-hydrogen) atoms. The number of benzene rings is 2. The fourth-order valence-corrected chi connectivity index (χ4v) is 3.50. The highest BCUT2D eigenvalue weighted by molar-refractivity contribution is 5.96. The number of rotatable bonds is 6. The van der Waals surface area contributed by atoms with Gasteiger partial charge < -0.3 is 10.4 Å². The fourth-order valence-electron chi connectivity index (χ4n) is 3.50. The van der Waals surface area contributed by atoms with Gasteiger partial charge in [-0.2, -0.15) is 0 Å². The molecule has 126 valence electrons. The van der Waals surface area contributed by atoms with Crippen molar-refractivity contribution >= 4 is 5.78 Å². The topological polar surface area (TPSA) is 49.3 Å². The van der Waals surface area contributed by atoms with E-state index in [-0.39, 0.29) is 17.9 Å². The minimum Gasteiger partial charge on any atom is -0.388 e. The van der Waals surface area contributed by atoms with Gasteiger partial charge in [-0.15, -0.1) is 0 Å². The van der Waals surface area contributed by atoms with Gasteiger partial charge in [0.1, 0.15) is 0 Å². The van der Waals surface area contributed by atoms with Crippen LogP contribution in [0.2, 0.25) is 0 Å². The Bertz CT molecular complexity index is 641. The number of aliphatic hydroxyl groups excluding tert-OH is 1. The van der Waals surface area contributed by atoms with Crippen LogP contribution in [0.25, 0.3) is 0 Å². The van der Waals surface area contributed by atoms with Crippen molar-refractivity contribution in [2.24, 2.45) is 0 Å². The largest absolute Gasteiger partial charge is 0.388 e. The molecular weight excluding hydrogens is 298 g/mol. The van der Waals surface area contributed by atoms with Crippen molar-refractivity contribution in [3.63, 3.8) is 0 Å². The average molecular weight is 323 g/mol. The maximum Gasteiger partial charge on any atom is 0.164 e. The highest BCUT2D eigenvalue weighted by Gasteiger charge is 2.25. The Kier molecular flexibility index (Phi) is 5.78. The maximum absolute atomic E-state index is 12.4. The Labute approximate surface area is 143 Å². The molecular formula is C21H25NO2. The third kappa shape index (κ3) is 4.53. The highest BCUT2D eigenvalue weighted by atomic mass is 16.3. The monoisotopic (exact) mass is 323 g/mol. The predicted octanol–water partition coefficient (Wildman–Crippen LogP) is 3.89. The first-order valence-electron chi connectivity index (χ1n) is 8.79. The minimum atomic E-state index is -0.452. The molecule has 0 aromatic heterocycles. The van der Waals surface area contributed by atoms with Crippen LogP contribution in [0.5, 0.6) is 0 Å². The molecule has 1 fully saturated rings. The van der Waals surface area contributed by atoms with Crippen LogP contribution in [0.15, 0.2) is 60.7 Å². The van der Waals surface area contributed by atoms with E-state index in [4.69, 9.17) is 0 Å². The molecule has 3 nitrogen and oxygen atoms in total. The van der Waals surface area contributed by atoms with E-state index < -0.39 is 6.10 Å². The van der Waals surface area contributed by atoms with E-state index in [1.54, 1.807) is 0 Å². The van der Waals surface area contributed by atoms with Gasteiger partial charge in [0.15, 0.2) is 5.78 Å². The lowest BCUT2D eigenvalue weighted by Gasteiger charge is -2.32. The quantitative estimate of drug-likeness (QED) is 0.793. The summed E-state index contributed by atoms with van der Waals surface area (Å²) in [6.45, 7) is 0. The zero-order chi connectivity index (χ0) is 16.8. The summed E-state index contributed by atoms with van der Waals surface area (Å²) in [5.74, 6) is 0.192. The molecule has 0 amide bonds. The molecule has 0 saturated carbocycles. The molecule has 3 heteroatoms. The summed E-state index contributed by atoms with van der Waals surface area (Å²) < 4.78 is 0. The number of hydrogen-bond donors (Lipinski definition) is 2. The molecule has 3 atom stereocenters. The second kappa shape index (κ2) is 8.22. The van der Waals surface area contributed by atoms with Gasteiger partial charge in [0.25, 0.3) is 0 Å². The summed E-state index contributed by atoms with van der Waals surface area (Å²) in [6, 6.07) is 19.7. The lowest BCUT2D eigenvalue weighted by Crippen LogP contribution is -2.44. The molecule has 3 rings (SSSR count). The second-order valence-corrected chi connectivity index (χ2v) is 6.65. The molecule has 0 unspecified atom stereocenters. The van der Waals surface area contributed by atoms with Crippen molar-refractivity contribution in [2.45, 2.75) is 50.3 Å². The summed E-state index contributed by atoms with van der Waals surface area (Å²) in [7, 11) is 0. The molecule has 2 aromatic rings. The van der Waals surface area contributed by atoms with Crippen LogP contribution in [0.3, 0.4) is 0 Å². The van der Waals surface area contributed by atoms with Gasteiger partial charge in [-0.1, -0.05) is 67.1 Å². The van der Waals surface area contributed by atoms with Gasteiger partial charge in [0.2, 0.25) is 0 Å². The number of carbonyl (C=O) groups is 1. The average Bonchev–Trinajstić information content (AvgIpc) is 2.63. The molecule has 2 N–H and O–H groups in total. The van der Waals surface area contributed by atoms with E-state index in [1.807, 2.05) is 60.7 Å². The fraction of sp³-hybridized carbons (Fsp3) is 0.381. The van der Waals surface area contributed by atoms with E-state index in [0.717, 1.165) is 30.4 Å². The lowest BCUT2D eigenvalue weighted by atomic mass is 9.90. The minimum absolute atomic E-state index is 0.192. The maximum atomic E-state index is 12.4. The summed E-state index contributed by atoms with van der Waals surface area (Å²) in [4.78, 5) is 12.4. The van der Waals surface area contributed by atoms with Gasteiger partial charge in [-0.05, 0) is 24.8 Å². The van der Waals surface area contributed by atoms with Crippen molar-refractivity contribution in [3.8, 4) is 0 Å². The van der Waals surface area contributed by atoms with Gasteiger partial charge in [0.05, 0.1) is 6.10 Å². The van der Waals surface area contributed by atoms with Crippen LogP contribution >= 0.6 is 0 Å². The Hall–Kier alpha value is -1.97. The Morgan fingerprint density at radius 1 is 1.00 bits per heavy atom. The smallest absolute Gasteiger partial charge is 0.164 e. The number of Topliss-reactive ketones (excluding diaryl/α,β-unsaturated/α-hetero) is 1. The van der Waals surface area contributed by atoms with Crippen LogP contribution in [0.4, 0.5) is 0 Å². The first-order chi connectivity index (χ1) is 11.7. The van der Waals surface area contributed by atoms with E-state index in [9.17, 15) is 9.90 Å². The number of ketones is 1. The van der Waals surface area contributed by atoms with Crippen molar-refractivity contribution in [1.82, 2.24) is 5.32 Å². The van der Waals surface area contributed by atoms with Crippen molar-refractivity contribution in [3.05, 3.63) is 71.8 Å². The van der Waals surface area contributed by atoms with Crippen LogP contribution < -0.4 is 5.32 Å².